The van der Waals surface area contributed by atoms with Gasteiger partial charge in [0.2, 0.25) is 0 Å². The van der Waals surface area contributed by atoms with E-state index in [1.807, 2.05) is 43.3 Å². The molecule has 0 saturated carbocycles. The summed E-state index contributed by atoms with van der Waals surface area (Å²) in [6.07, 6.45) is 0.525. The van der Waals surface area contributed by atoms with Crippen LogP contribution in [0, 0.1) is 5.92 Å². The smallest absolute Gasteiger partial charge is 0.147 e. The van der Waals surface area contributed by atoms with E-state index in [2.05, 4.69) is 36.1 Å². The Balaban J connectivity index is 2.08. The maximum Gasteiger partial charge on any atom is 0.147 e. The number of nitrogens with zero attached hydrogens (tertiary/aromatic N) is 1. The molecule has 1 aliphatic heterocycles. The Morgan fingerprint density at radius 1 is 1.00 bits per heavy atom. The number of Topliss-reactive ketones (excluding diaryl/α,β-unsaturated/α-hetero) is 1. The molecule has 1 aliphatic rings. The van der Waals surface area contributed by atoms with E-state index in [0.717, 1.165) is 44.0 Å². The van der Waals surface area contributed by atoms with Crippen LogP contribution in [0.3, 0.4) is 0 Å². The van der Waals surface area contributed by atoms with Gasteiger partial charge in [-0.1, -0.05) is 74.5 Å². The zero-order valence-corrected chi connectivity index (χ0v) is 15.9. The van der Waals surface area contributed by atoms with Crippen LogP contribution in [0.25, 0.3) is 0 Å². The average molecular weight is 351 g/mol. The van der Waals surface area contributed by atoms with Gasteiger partial charge in [-0.15, -0.1) is 0 Å². The second-order valence-electron chi connectivity index (χ2n) is 7.13. The Bertz CT molecular complexity index is 653. The van der Waals surface area contributed by atoms with E-state index in [4.69, 9.17) is 4.74 Å². The summed E-state index contributed by atoms with van der Waals surface area (Å²) in [5, 5.41) is 0. The third-order valence-corrected chi connectivity index (χ3v) is 5.59. The molecule has 3 rings (SSSR count). The fraction of sp³-hybridized carbons (Fsp3) is 0.435. The molecule has 0 aromatic heterocycles. The van der Waals surface area contributed by atoms with Crippen LogP contribution in [0.2, 0.25) is 0 Å². The van der Waals surface area contributed by atoms with E-state index in [0.29, 0.717) is 6.42 Å². The molecule has 0 radical (unpaired) electrons. The summed E-state index contributed by atoms with van der Waals surface area (Å²) in [4.78, 5) is 15.9. The number of carbonyl (C=O) groups excluding carboxylic acids is 1. The molecule has 1 atom stereocenters. The minimum Gasteiger partial charge on any atom is -0.379 e. The second kappa shape index (κ2) is 8.61. The normalized spacial score (nSPS) is 17.0. The van der Waals surface area contributed by atoms with Crippen molar-refractivity contribution in [3.8, 4) is 0 Å². The number of benzene rings is 2. The first-order valence-corrected chi connectivity index (χ1v) is 9.64. The molecule has 26 heavy (non-hydrogen) atoms. The van der Waals surface area contributed by atoms with Crippen molar-refractivity contribution in [1.29, 1.82) is 0 Å². The molecule has 1 heterocycles. The van der Waals surface area contributed by atoms with Gasteiger partial charge in [-0.05, 0) is 17.0 Å². The molecule has 1 fully saturated rings. The minimum absolute atomic E-state index is 0.165. The van der Waals surface area contributed by atoms with Gasteiger partial charge < -0.3 is 4.74 Å². The van der Waals surface area contributed by atoms with Crippen LogP contribution in [0.15, 0.2) is 60.7 Å². The molecule has 0 unspecified atom stereocenters. The highest BCUT2D eigenvalue weighted by atomic mass is 16.5. The summed E-state index contributed by atoms with van der Waals surface area (Å²) >= 11 is 0. The monoisotopic (exact) mass is 351 g/mol. The van der Waals surface area contributed by atoms with Crippen LogP contribution in [-0.2, 0) is 14.9 Å². The summed E-state index contributed by atoms with van der Waals surface area (Å²) in [7, 11) is 0. The van der Waals surface area contributed by atoms with Crippen LogP contribution < -0.4 is 0 Å². The van der Waals surface area contributed by atoms with Gasteiger partial charge in [0.05, 0.1) is 18.6 Å². The van der Waals surface area contributed by atoms with Crippen molar-refractivity contribution in [1.82, 2.24) is 4.90 Å². The fourth-order valence-corrected chi connectivity index (χ4v) is 4.32. The molecule has 138 valence electrons. The molecule has 2 aromatic rings. The predicted octanol–water partition coefficient (Wildman–Crippen LogP) is 3.92. The number of hydrogen-bond acceptors (Lipinski definition) is 3. The maximum absolute atomic E-state index is 13.5. The molecule has 0 bridgehead atoms. The summed E-state index contributed by atoms with van der Waals surface area (Å²) in [6.45, 7) is 8.51. The quantitative estimate of drug-likeness (QED) is 0.757. The summed E-state index contributed by atoms with van der Waals surface area (Å²) in [6, 6.07) is 20.6. The van der Waals surface area contributed by atoms with Crippen molar-refractivity contribution in [2.45, 2.75) is 25.7 Å². The Morgan fingerprint density at radius 2 is 1.50 bits per heavy atom. The van der Waals surface area contributed by atoms with E-state index in [1.165, 1.54) is 0 Å². The first kappa shape index (κ1) is 18.8. The van der Waals surface area contributed by atoms with Crippen LogP contribution in [0.5, 0.6) is 0 Å². The zero-order chi connectivity index (χ0) is 18.4. The van der Waals surface area contributed by atoms with Gasteiger partial charge in [0.25, 0.3) is 0 Å². The third-order valence-electron chi connectivity index (χ3n) is 5.59. The van der Waals surface area contributed by atoms with Gasteiger partial charge in [0, 0.05) is 26.1 Å². The number of rotatable bonds is 7. The summed E-state index contributed by atoms with van der Waals surface area (Å²) < 4.78 is 5.50. The lowest BCUT2D eigenvalue weighted by atomic mass is 9.63. The zero-order valence-electron chi connectivity index (χ0n) is 15.9. The first-order chi connectivity index (χ1) is 12.7. The van der Waals surface area contributed by atoms with Gasteiger partial charge in [-0.2, -0.15) is 0 Å². The predicted molar refractivity (Wildman–Crippen MR) is 105 cm³/mol. The van der Waals surface area contributed by atoms with Gasteiger partial charge in [-0.25, -0.2) is 0 Å². The molecule has 3 nitrogen and oxygen atoms in total. The lowest BCUT2D eigenvalue weighted by Gasteiger charge is -2.42. The van der Waals surface area contributed by atoms with Crippen LogP contribution >= 0.6 is 0 Å². The van der Waals surface area contributed by atoms with E-state index in [-0.39, 0.29) is 11.7 Å². The molecule has 2 aromatic carbocycles. The van der Waals surface area contributed by atoms with Gasteiger partial charge >= 0.3 is 0 Å². The lowest BCUT2D eigenvalue weighted by molar-refractivity contribution is -0.125. The summed E-state index contributed by atoms with van der Waals surface area (Å²) in [5.41, 5.74) is 1.58. The van der Waals surface area contributed by atoms with E-state index >= 15 is 0 Å². The minimum atomic E-state index is -0.616. The SMILES string of the molecule is CCC(=O)C(c1ccccc1)(c1ccccc1)[C@H](C)CN1CCOCC1. The number of morpholine rings is 1. The topological polar surface area (TPSA) is 29.5 Å². The number of hydrogen-bond donors (Lipinski definition) is 0. The molecule has 3 heteroatoms. The summed E-state index contributed by atoms with van der Waals surface area (Å²) in [5.74, 6) is 0.452. The van der Waals surface area contributed by atoms with E-state index in [1.54, 1.807) is 0 Å². The van der Waals surface area contributed by atoms with Gasteiger partial charge in [0.1, 0.15) is 5.78 Å². The number of ketones is 1. The third kappa shape index (κ3) is 3.60. The Kier molecular flexibility index (Phi) is 6.23. The van der Waals surface area contributed by atoms with Crippen molar-refractivity contribution in [3.63, 3.8) is 0 Å². The molecular formula is C23H29NO2. The van der Waals surface area contributed by atoms with Crippen LogP contribution in [0.4, 0.5) is 0 Å². The van der Waals surface area contributed by atoms with Gasteiger partial charge in [-0.3, -0.25) is 9.69 Å². The standard InChI is InChI=1S/C23H29NO2/c1-3-22(25)23(20-10-6-4-7-11-20,21-12-8-5-9-13-21)19(2)18-24-14-16-26-17-15-24/h4-13,19H,3,14-18H2,1-2H3/t19-/m1/s1. The highest BCUT2D eigenvalue weighted by Crippen LogP contribution is 2.41. The largest absolute Gasteiger partial charge is 0.379 e. The highest BCUT2D eigenvalue weighted by molar-refractivity contribution is 5.94. The van der Waals surface area contributed by atoms with Crippen molar-refractivity contribution < 1.29 is 9.53 Å². The highest BCUT2D eigenvalue weighted by Gasteiger charge is 2.45. The van der Waals surface area contributed by atoms with Crippen molar-refractivity contribution in [2.75, 3.05) is 32.8 Å². The van der Waals surface area contributed by atoms with E-state index < -0.39 is 5.41 Å². The van der Waals surface area contributed by atoms with Crippen molar-refractivity contribution in [3.05, 3.63) is 71.8 Å². The van der Waals surface area contributed by atoms with Crippen LogP contribution in [-0.4, -0.2) is 43.5 Å². The molecule has 1 saturated heterocycles. The first-order valence-electron chi connectivity index (χ1n) is 9.64. The molecule has 0 N–H and O–H groups in total. The van der Waals surface area contributed by atoms with Crippen molar-refractivity contribution in [2.24, 2.45) is 5.92 Å². The average Bonchev–Trinajstić information content (AvgIpc) is 2.71. The van der Waals surface area contributed by atoms with Gasteiger partial charge in [0.15, 0.2) is 0 Å². The van der Waals surface area contributed by atoms with E-state index in [9.17, 15) is 4.79 Å². The lowest BCUT2D eigenvalue weighted by Crippen LogP contribution is -2.49. The number of carbonyl (C=O) groups is 1. The van der Waals surface area contributed by atoms with Crippen molar-refractivity contribution >= 4 is 5.78 Å². The second-order valence-corrected chi connectivity index (χ2v) is 7.13. The Hall–Kier alpha value is -1.97. The Morgan fingerprint density at radius 3 is 1.96 bits per heavy atom. The molecule has 0 spiro atoms. The fourth-order valence-electron chi connectivity index (χ4n) is 4.32. The Labute approximate surface area is 157 Å². The molecular weight excluding hydrogens is 322 g/mol. The molecule has 0 aliphatic carbocycles. The molecule has 0 amide bonds. The maximum atomic E-state index is 13.5. The number of ether oxygens (including phenoxy) is 1. The van der Waals surface area contributed by atoms with Crippen LogP contribution in [0.1, 0.15) is 31.4 Å².